The van der Waals surface area contributed by atoms with E-state index in [0.29, 0.717) is 5.56 Å². The van der Waals surface area contributed by atoms with Gasteiger partial charge in [0.15, 0.2) is 12.2 Å². The number of carbonyl (C=O) groups excluding carboxylic acids is 3. The maximum atomic E-state index is 12.9. The number of esters is 3. The highest BCUT2D eigenvalue weighted by atomic mass is 32.2. The summed E-state index contributed by atoms with van der Waals surface area (Å²) in [4.78, 5) is 37.8. The lowest BCUT2D eigenvalue weighted by atomic mass is 9.78. The predicted octanol–water partition coefficient (Wildman–Crippen LogP) is 0.507. The third-order valence-electron chi connectivity index (χ3n) is 6.04. The number of carbonyl (C=O) groups is 3. The first-order chi connectivity index (χ1) is 14.5. The number of ether oxygens (including phenoxy) is 4. The molecule has 10 nitrogen and oxygen atoms in total. The van der Waals surface area contributed by atoms with Crippen LogP contribution in [-0.4, -0.2) is 67.7 Å². The Balaban J connectivity index is 1.53. The molecular weight excluding hydrogens is 432 g/mol. The molecule has 2 bridgehead atoms. The average Bonchev–Trinajstić information content (AvgIpc) is 3.27. The highest BCUT2D eigenvalue weighted by molar-refractivity contribution is 7.85. The van der Waals surface area contributed by atoms with Gasteiger partial charge in [0.2, 0.25) is 0 Å². The van der Waals surface area contributed by atoms with Crippen molar-refractivity contribution in [2.45, 2.75) is 45.2 Å². The van der Waals surface area contributed by atoms with Crippen LogP contribution in [0.15, 0.2) is 12.1 Å². The van der Waals surface area contributed by atoms with Gasteiger partial charge in [0.25, 0.3) is 10.1 Å². The third-order valence-corrected chi connectivity index (χ3v) is 6.72. The first-order valence-corrected chi connectivity index (χ1v) is 11.4. The third kappa shape index (κ3) is 3.81. The zero-order valence-electron chi connectivity index (χ0n) is 17.1. The fourth-order valence-corrected chi connectivity index (χ4v) is 4.82. The lowest BCUT2D eigenvalue weighted by Gasteiger charge is -2.27. The summed E-state index contributed by atoms with van der Waals surface area (Å²) in [5, 5.41) is 0. The smallest absolute Gasteiger partial charge is 0.338 e. The lowest BCUT2D eigenvalue weighted by Crippen LogP contribution is -2.48. The van der Waals surface area contributed by atoms with E-state index in [0.717, 1.165) is 16.7 Å². The van der Waals surface area contributed by atoms with E-state index in [9.17, 15) is 22.8 Å². The molecule has 168 valence electrons. The molecule has 6 atom stereocenters. The fourth-order valence-electron chi connectivity index (χ4n) is 4.52. The fraction of sp³-hybridized carbons (Fsp3) is 0.550. The van der Waals surface area contributed by atoms with Gasteiger partial charge in [0.05, 0.1) is 5.56 Å². The molecule has 0 aliphatic carbocycles. The van der Waals surface area contributed by atoms with Crippen molar-refractivity contribution in [3.05, 3.63) is 34.4 Å². The Morgan fingerprint density at radius 1 is 1.13 bits per heavy atom. The second kappa shape index (κ2) is 7.57. The molecule has 3 heterocycles. The number of benzene rings is 1. The average molecular weight is 454 g/mol. The van der Waals surface area contributed by atoms with Gasteiger partial charge in [0.1, 0.15) is 36.4 Å². The van der Waals surface area contributed by atoms with Crippen molar-refractivity contribution in [1.82, 2.24) is 0 Å². The maximum absolute atomic E-state index is 12.9. The SMILES string of the molecule is Cc1cc(C)c(C)c(C(=O)OC2C3OC(=O)C4C3OC2C4C(=O)OCCS(=O)(=O)O)c1. The summed E-state index contributed by atoms with van der Waals surface area (Å²) in [7, 11) is -4.31. The quantitative estimate of drug-likeness (QED) is 0.367. The number of rotatable bonds is 6. The van der Waals surface area contributed by atoms with Crippen LogP contribution in [0, 0.1) is 32.6 Å². The molecule has 3 aliphatic rings. The highest BCUT2D eigenvalue weighted by Gasteiger charge is 2.72. The summed E-state index contributed by atoms with van der Waals surface area (Å²) in [6.07, 6.45) is -3.53. The number of fused-ring (bicyclic) bond motifs is 1. The van der Waals surface area contributed by atoms with Crippen LogP contribution in [0.1, 0.15) is 27.0 Å². The molecule has 0 aromatic heterocycles. The minimum atomic E-state index is -4.31. The van der Waals surface area contributed by atoms with Gasteiger partial charge in [0, 0.05) is 0 Å². The summed E-state index contributed by atoms with van der Waals surface area (Å²) in [5.74, 6) is -4.94. The Hall–Kier alpha value is -2.50. The molecule has 6 unspecified atom stereocenters. The number of aryl methyl sites for hydroxylation is 2. The van der Waals surface area contributed by atoms with Crippen LogP contribution in [0.25, 0.3) is 0 Å². The van der Waals surface area contributed by atoms with E-state index in [4.69, 9.17) is 23.5 Å². The van der Waals surface area contributed by atoms with Gasteiger partial charge in [-0.3, -0.25) is 14.1 Å². The van der Waals surface area contributed by atoms with Gasteiger partial charge < -0.3 is 18.9 Å². The Bertz CT molecular complexity index is 1060. The summed E-state index contributed by atoms with van der Waals surface area (Å²) in [6, 6.07) is 3.64. The predicted molar refractivity (Wildman–Crippen MR) is 103 cm³/mol. The molecule has 1 N–H and O–H groups in total. The minimum absolute atomic E-state index is 0.369. The van der Waals surface area contributed by atoms with Crippen LogP contribution in [-0.2, 0) is 38.7 Å². The highest BCUT2D eigenvalue weighted by Crippen LogP contribution is 2.51. The molecule has 1 aromatic carbocycles. The first-order valence-electron chi connectivity index (χ1n) is 9.74. The zero-order chi connectivity index (χ0) is 22.7. The van der Waals surface area contributed by atoms with E-state index in [1.54, 1.807) is 13.0 Å². The molecule has 0 spiro atoms. The molecule has 3 aliphatic heterocycles. The standard InChI is InChI=1S/C20H22O10S/c1-8-6-9(2)10(3)11(7-8)18(21)29-16-14-12(19(22)27-4-5-31(24,25)26)13-15(28-14)17(16)30-20(13)23/h6-7,12-17H,4-5H2,1-3H3,(H,24,25,26). The van der Waals surface area contributed by atoms with E-state index >= 15 is 0 Å². The van der Waals surface area contributed by atoms with Crippen molar-refractivity contribution in [2.75, 3.05) is 12.4 Å². The van der Waals surface area contributed by atoms with Crippen LogP contribution < -0.4 is 0 Å². The van der Waals surface area contributed by atoms with E-state index in [1.807, 2.05) is 19.9 Å². The Labute approximate surface area is 178 Å². The van der Waals surface area contributed by atoms with Crippen molar-refractivity contribution in [3.63, 3.8) is 0 Å². The molecular formula is C20H22O10S. The van der Waals surface area contributed by atoms with E-state index < -0.39 is 76.6 Å². The molecule has 11 heteroatoms. The molecule has 3 fully saturated rings. The topological polar surface area (TPSA) is 142 Å². The number of hydrogen-bond donors (Lipinski definition) is 1. The summed E-state index contributed by atoms with van der Waals surface area (Å²) < 4.78 is 52.1. The van der Waals surface area contributed by atoms with Crippen molar-refractivity contribution in [2.24, 2.45) is 11.8 Å². The lowest BCUT2D eigenvalue weighted by molar-refractivity contribution is -0.155. The van der Waals surface area contributed by atoms with E-state index in [1.165, 1.54) is 0 Å². The second-order valence-corrected chi connectivity index (χ2v) is 9.67. The van der Waals surface area contributed by atoms with Gasteiger partial charge in [-0.05, 0) is 43.5 Å². The van der Waals surface area contributed by atoms with Gasteiger partial charge in [-0.2, -0.15) is 8.42 Å². The summed E-state index contributed by atoms with van der Waals surface area (Å²) >= 11 is 0. The van der Waals surface area contributed by atoms with Crippen molar-refractivity contribution >= 4 is 28.0 Å². The van der Waals surface area contributed by atoms with Crippen LogP contribution >= 0.6 is 0 Å². The second-order valence-electron chi connectivity index (χ2n) is 8.10. The van der Waals surface area contributed by atoms with Gasteiger partial charge in [-0.1, -0.05) is 6.07 Å². The molecule has 31 heavy (non-hydrogen) atoms. The van der Waals surface area contributed by atoms with Crippen LogP contribution in [0.4, 0.5) is 0 Å². The van der Waals surface area contributed by atoms with E-state index in [-0.39, 0.29) is 0 Å². The molecule has 0 radical (unpaired) electrons. The largest absolute Gasteiger partial charge is 0.464 e. The van der Waals surface area contributed by atoms with Crippen molar-refractivity contribution < 1.29 is 46.3 Å². The van der Waals surface area contributed by atoms with Crippen LogP contribution in [0.2, 0.25) is 0 Å². The van der Waals surface area contributed by atoms with Gasteiger partial charge in [-0.25, -0.2) is 4.79 Å². The number of hydrogen-bond acceptors (Lipinski definition) is 9. The Kier molecular flexibility index (Phi) is 5.31. The minimum Gasteiger partial charge on any atom is -0.464 e. The van der Waals surface area contributed by atoms with Crippen molar-refractivity contribution in [1.29, 1.82) is 0 Å². The summed E-state index contributed by atoms with van der Waals surface area (Å²) in [5.41, 5.74) is 2.92. The summed E-state index contributed by atoms with van der Waals surface area (Å²) in [6.45, 7) is 4.94. The monoisotopic (exact) mass is 454 g/mol. The van der Waals surface area contributed by atoms with Gasteiger partial charge in [-0.15, -0.1) is 0 Å². The first kappa shape index (κ1) is 21.7. The van der Waals surface area contributed by atoms with Gasteiger partial charge >= 0.3 is 17.9 Å². The normalized spacial score (nSPS) is 30.9. The maximum Gasteiger partial charge on any atom is 0.338 e. The van der Waals surface area contributed by atoms with Crippen LogP contribution in [0.3, 0.4) is 0 Å². The van der Waals surface area contributed by atoms with Crippen molar-refractivity contribution in [3.8, 4) is 0 Å². The zero-order valence-corrected chi connectivity index (χ0v) is 17.9. The molecule has 3 saturated heterocycles. The molecule has 1 aromatic rings. The van der Waals surface area contributed by atoms with E-state index in [2.05, 4.69) is 0 Å². The Morgan fingerprint density at radius 2 is 1.84 bits per heavy atom. The van der Waals surface area contributed by atoms with Crippen LogP contribution in [0.5, 0.6) is 0 Å². The molecule has 0 amide bonds. The molecule has 0 saturated carbocycles. The molecule has 4 rings (SSSR count). The Morgan fingerprint density at radius 3 is 2.52 bits per heavy atom.